The molecule has 1 N–H and O–H groups in total. The Bertz CT molecular complexity index is 738. The lowest BCUT2D eigenvalue weighted by atomic mass is 9.82. The fourth-order valence-corrected chi connectivity index (χ4v) is 5.57. The number of amidine groups is 1. The quantitative estimate of drug-likeness (QED) is 0.854. The summed E-state index contributed by atoms with van der Waals surface area (Å²) in [5, 5.41) is 10.2. The van der Waals surface area contributed by atoms with E-state index < -0.39 is 16.1 Å². The number of nitrogens with zero attached hydrogens (tertiary/aromatic N) is 2. The van der Waals surface area contributed by atoms with E-state index in [2.05, 4.69) is 9.30 Å². The van der Waals surface area contributed by atoms with E-state index in [4.69, 9.17) is 0 Å². The molecule has 0 aromatic heterocycles. The molecule has 124 valence electrons. The SMILES string of the molecule is O=S1(=O)N=C(N2CC(O)CC2C2CCCCC2)c2ccccc21. The van der Waals surface area contributed by atoms with Crippen LogP contribution in [0.5, 0.6) is 0 Å². The Balaban J connectivity index is 1.71. The van der Waals surface area contributed by atoms with E-state index in [9.17, 15) is 13.5 Å². The smallest absolute Gasteiger partial charge is 0.285 e. The zero-order chi connectivity index (χ0) is 16.0. The lowest BCUT2D eigenvalue weighted by Crippen LogP contribution is -2.40. The third-order valence-corrected chi connectivity index (χ3v) is 6.73. The molecular formula is C17H22N2O3S. The van der Waals surface area contributed by atoms with Gasteiger partial charge in [-0.1, -0.05) is 31.4 Å². The molecule has 2 fully saturated rings. The van der Waals surface area contributed by atoms with E-state index in [1.807, 2.05) is 12.1 Å². The van der Waals surface area contributed by atoms with Crippen molar-refractivity contribution in [3.63, 3.8) is 0 Å². The minimum atomic E-state index is -3.60. The van der Waals surface area contributed by atoms with Crippen molar-refractivity contribution in [3.05, 3.63) is 29.8 Å². The van der Waals surface area contributed by atoms with Crippen molar-refractivity contribution in [1.82, 2.24) is 4.90 Å². The molecule has 1 aromatic carbocycles. The van der Waals surface area contributed by atoms with Crippen LogP contribution < -0.4 is 0 Å². The summed E-state index contributed by atoms with van der Waals surface area (Å²) in [6.07, 6.45) is 6.37. The summed E-state index contributed by atoms with van der Waals surface area (Å²) in [6.45, 7) is 0.476. The maximum atomic E-state index is 12.3. The van der Waals surface area contributed by atoms with Gasteiger partial charge in [-0.25, -0.2) is 0 Å². The number of sulfonamides is 1. The Labute approximate surface area is 137 Å². The number of β-amino-alcohol motifs (C(OH)–C–C–N with tert-alkyl or cyclic N) is 1. The predicted octanol–water partition coefficient (Wildman–Crippen LogP) is 2.15. The summed E-state index contributed by atoms with van der Waals surface area (Å²) in [7, 11) is -3.60. The minimum Gasteiger partial charge on any atom is -0.391 e. The molecule has 2 aliphatic heterocycles. The van der Waals surface area contributed by atoms with E-state index in [0.717, 1.165) is 12.8 Å². The van der Waals surface area contributed by atoms with E-state index in [1.54, 1.807) is 12.1 Å². The molecule has 5 nitrogen and oxygen atoms in total. The van der Waals surface area contributed by atoms with Crippen LogP contribution >= 0.6 is 0 Å². The summed E-state index contributed by atoms with van der Waals surface area (Å²) < 4.78 is 28.7. The average Bonchev–Trinajstić information content (AvgIpc) is 3.07. The summed E-state index contributed by atoms with van der Waals surface area (Å²) in [4.78, 5) is 2.35. The standard InChI is InChI=1S/C17H22N2O3S/c20-13-10-15(12-6-2-1-3-7-12)19(11-13)17-14-8-4-5-9-16(14)23(21,22)18-17/h4-5,8-9,12-13,15,20H,1-3,6-7,10-11H2. The van der Waals surface area contributed by atoms with Crippen LogP contribution in [0.1, 0.15) is 44.1 Å². The summed E-state index contributed by atoms with van der Waals surface area (Å²) in [6, 6.07) is 7.21. The second kappa shape index (κ2) is 5.60. The second-order valence-corrected chi connectivity index (χ2v) is 8.47. The molecule has 4 rings (SSSR count). The molecule has 1 aromatic rings. The van der Waals surface area contributed by atoms with E-state index in [0.29, 0.717) is 35.2 Å². The van der Waals surface area contributed by atoms with E-state index >= 15 is 0 Å². The van der Waals surface area contributed by atoms with Crippen LogP contribution in [0, 0.1) is 5.92 Å². The Morgan fingerprint density at radius 2 is 1.87 bits per heavy atom. The maximum Gasteiger partial charge on any atom is 0.285 e. The zero-order valence-electron chi connectivity index (χ0n) is 13.1. The van der Waals surface area contributed by atoms with Gasteiger partial charge in [0.15, 0.2) is 5.84 Å². The molecule has 1 aliphatic carbocycles. The van der Waals surface area contributed by atoms with Crippen LogP contribution in [0.25, 0.3) is 0 Å². The highest BCUT2D eigenvalue weighted by Gasteiger charge is 2.42. The van der Waals surface area contributed by atoms with Gasteiger partial charge < -0.3 is 10.0 Å². The lowest BCUT2D eigenvalue weighted by Gasteiger charge is -2.34. The first-order valence-electron chi connectivity index (χ1n) is 8.45. The molecule has 2 heterocycles. The molecule has 23 heavy (non-hydrogen) atoms. The van der Waals surface area contributed by atoms with Gasteiger partial charge in [-0.05, 0) is 37.3 Å². The van der Waals surface area contributed by atoms with Crippen molar-refractivity contribution in [1.29, 1.82) is 0 Å². The summed E-state index contributed by atoms with van der Waals surface area (Å²) in [5.74, 6) is 1.06. The fourth-order valence-electron chi connectivity index (χ4n) is 4.35. The first-order chi connectivity index (χ1) is 11.1. The minimum absolute atomic E-state index is 0.199. The number of aliphatic hydroxyl groups is 1. The van der Waals surface area contributed by atoms with Gasteiger partial charge in [0.05, 0.1) is 6.10 Å². The van der Waals surface area contributed by atoms with Crippen molar-refractivity contribution in [3.8, 4) is 0 Å². The Morgan fingerprint density at radius 1 is 1.13 bits per heavy atom. The summed E-state index contributed by atoms with van der Waals surface area (Å²) >= 11 is 0. The number of fused-ring (bicyclic) bond motifs is 1. The molecule has 0 bridgehead atoms. The molecular weight excluding hydrogens is 312 g/mol. The van der Waals surface area contributed by atoms with Crippen molar-refractivity contribution in [2.45, 2.75) is 55.6 Å². The van der Waals surface area contributed by atoms with Crippen molar-refractivity contribution >= 4 is 15.9 Å². The topological polar surface area (TPSA) is 70.0 Å². The van der Waals surface area contributed by atoms with Crippen molar-refractivity contribution in [2.24, 2.45) is 10.3 Å². The normalized spacial score (nSPS) is 30.3. The van der Waals surface area contributed by atoms with Crippen LogP contribution in [0.15, 0.2) is 33.6 Å². The second-order valence-electron chi connectivity index (χ2n) is 6.89. The fraction of sp³-hybridized carbons (Fsp3) is 0.588. The van der Waals surface area contributed by atoms with Gasteiger partial charge >= 0.3 is 0 Å². The van der Waals surface area contributed by atoms with Gasteiger partial charge in [0, 0.05) is 18.2 Å². The Morgan fingerprint density at radius 3 is 2.65 bits per heavy atom. The Hall–Kier alpha value is -1.40. The molecule has 0 spiro atoms. The average molecular weight is 334 g/mol. The lowest BCUT2D eigenvalue weighted by molar-refractivity contribution is 0.185. The van der Waals surface area contributed by atoms with Crippen molar-refractivity contribution < 1.29 is 13.5 Å². The van der Waals surface area contributed by atoms with Gasteiger partial charge in [-0.3, -0.25) is 0 Å². The van der Waals surface area contributed by atoms with Gasteiger partial charge in [0.2, 0.25) is 0 Å². The Kier molecular flexibility index (Phi) is 3.69. The van der Waals surface area contributed by atoms with Crippen LogP contribution in [0.2, 0.25) is 0 Å². The molecule has 1 saturated carbocycles. The number of hydrogen-bond donors (Lipinski definition) is 1. The monoisotopic (exact) mass is 334 g/mol. The molecule has 1 saturated heterocycles. The number of rotatable bonds is 1. The van der Waals surface area contributed by atoms with Crippen LogP contribution in [-0.2, 0) is 10.0 Å². The molecule has 0 radical (unpaired) electrons. The number of hydrogen-bond acceptors (Lipinski definition) is 4. The van der Waals surface area contributed by atoms with Crippen LogP contribution in [0.3, 0.4) is 0 Å². The van der Waals surface area contributed by atoms with Gasteiger partial charge in [-0.2, -0.15) is 8.42 Å². The number of aliphatic hydroxyl groups excluding tert-OH is 1. The van der Waals surface area contributed by atoms with Crippen molar-refractivity contribution in [2.75, 3.05) is 6.54 Å². The number of benzene rings is 1. The molecule has 2 atom stereocenters. The predicted molar refractivity (Wildman–Crippen MR) is 87.9 cm³/mol. The maximum absolute atomic E-state index is 12.3. The number of likely N-dealkylation sites (tertiary alicyclic amines) is 1. The molecule has 6 heteroatoms. The van der Waals surface area contributed by atoms with Gasteiger partial charge in [0.1, 0.15) is 4.90 Å². The summed E-state index contributed by atoms with van der Waals surface area (Å²) in [5.41, 5.74) is 0.683. The van der Waals surface area contributed by atoms with E-state index in [1.165, 1.54) is 19.3 Å². The third kappa shape index (κ3) is 2.58. The largest absolute Gasteiger partial charge is 0.391 e. The third-order valence-electron chi connectivity index (χ3n) is 5.40. The highest BCUT2D eigenvalue weighted by atomic mass is 32.2. The van der Waals surface area contributed by atoms with Crippen LogP contribution in [-0.4, -0.2) is 43.0 Å². The zero-order valence-corrected chi connectivity index (χ0v) is 13.9. The highest BCUT2D eigenvalue weighted by molar-refractivity contribution is 7.90. The molecule has 2 unspecified atom stereocenters. The van der Waals surface area contributed by atoms with Crippen LogP contribution in [0.4, 0.5) is 0 Å². The van der Waals surface area contributed by atoms with Gasteiger partial charge in [0.25, 0.3) is 10.0 Å². The molecule has 0 amide bonds. The first-order valence-corrected chi connectivity index (χ1v) is 9.89. The molecule has 3 aliphatic rings. The van der Waals surface area contributed by atoms with Gasteiger partial charge in [-0.15, -0.1) is 4.40 Å². The van der Waals surface area contributed by atoms with E-state index in [-0.39, 0.29) is 6.04 Å². The highest BCUT2D eigenvalue weighted by Crippen LogP contribution is 2.37. The first kappa shape index (κ1) is 15.1.